The molecule has 0 spiro atoms. The van der Waals surface area contributed by atoms with Crippen LogP contribution in [0.25, 0.3) is 0 Å². The van der Waals surface area contributed by atoms with Crippen LogP contribution < -0.4 is 9.47 Å². The maximum absolute atomic E-state index is 12.7. The average Bonchev–Trinajstić information content (AvgIpc) is 2.43. The fourth-order valence-corrected chi connectivity index (χ4v) is 3.93. The molecule has 22 heavy (non-hydrogen) atoms. The van der Waals surface area contributed by atoms with Gasteiger partial charge in [-0.05, 0) is 13.8 Å². The Hall–Kier alpha value is -1.51. The number of rotatable bonds is 7. The monoisotopic (exact) mass is 351 g/mol. The number of carbonyl (C=O) groups is 1. The molecule has 0 aliphatic heterocycles. The molecular weight excluding hydrogens is 334 g/mol. The Kier molecular flexibility index (Phi) is 6.04. The maximum atomic E-state index is 12.7. The van der Waals surface area contributed by atoms with Crippen molar-refractivity contribution in [3.05, 3.63) is 17.2 Å². The third kappa shape index (κ3) is 3.82. The minimum Gasteiger partial charge on any atom is -0.493 e. The zero-order chi connectivity index (χ0) is 17.1. The van der Waals surface area contributed by atoms with Crippen LogP contribution in [0.2, 0.25) is 5.02 Å². The van der Waals surface area contributed by atoms with E-state index < -0.39 is 28.6 Å². The van der Waals surface area contributed by atoms with Crippen LogP contribution in [0.1, 0.15) is 13.8 Å². The molecule has 9 heteroatoms. The van der Waals surface area contributed by atoms with E-state index in [1.165, 1.54) is 26.4 Å². The molecule has 124 valence electrons. The van der Waals surface area contributed by atoms with Gasteiger partial charge in [-0.1, -0.05) is 11.6 Å². The second-order valence-corrected chi connectivity index (χ2v) is 6.94. The van der Waals surface area contributed by atoms with E-state index in [1.807, 2.05) is 0 Å². The third-order valence-electron chi connectivity index (χ3n) is 2.89. The van der Waals surface area contributed by atoms with Crippen LogP contribution in [-0.2, 0) is 14.8 Å². The largest absolute Gasteiger partial charge is 0.493 e. The lowest BCUT2D eigenvalue weighted by Crippen LogP contribution is -2.40. The summed E-state index contributed by atoms with van der Waals surface area (Å²) in [5.41, 5.74) is 0. The number of methoxy groups -OCH3 is 2. The van der Waals surface area contributed by atoms with E-state index in [4.69, 9.17) is 26.2 Å². The van der Waals surface area contributed by atoms with E-state index in [-0.39, 0.29) is 21.4 Å². The van der Waals surface area contributed by atoms with Gasteiger partial charge in [-0.2, -0.15) is 4.31 Å². The second-order valence-electron chi connectivity index (χ2n) is 4.68. The van der Waals surface area contributed by atoms with Crippen LogP contribution in [0.5, 0.6) is 11.5 Å². The third-order valence-corrected chi connectivity index (χ3v) is 5.38. The van der Waals surface area contributed by atoms with Gasteiger partial charge < -0.3 is 14.6 Å². The van der Waals surface area contributed by atoms with Gasteiger partial charge >= 0.3 is 5.97 Å². The first kappa shape index (κ1) is 18.5. The van der Waals surface area contributed by atoms with Gasteiger partial charge in [0.05, 0.1) is 19.2 Å². The van der Waals surface area contributed by atoms with Crippen molar-refractivity contribution >= 4 is 27.6 Å². The normalized spacial score (nSPS) is 11.8. The highest BCUT2D eigenvalue weighted by atomic mass is 35.5. The summed E-state index contributed by atoms with van der Waals surface area (Å²) in [5.74, 6) is -0.792. The number of sulfonamides is 1. The molecule has 0 saturated heterocycles. The molecule has 0 atom stereocenters. The molecule has 0 amide bonds. The molecule has 0 fully saturated rings. The summed E-state index contributed by atoms with van der Waals surface area (Å²) < 4.78 is 36.3. The van der Waals surface area contributed by atoms with Gasteiger partial charge in [0.15, 0.2) is 11.5 Å². The van der Waals surface area contributed by atoms with Gasteiger partial charge in [-0.3, -0.25) is 4.79 Å². The summed E-state index contributed by atoms with van der Waals surface area (Å²) in [6.45, 7) is 2.50. The van der Waals surface area contributed by atoms with Crippen molar-refractivity contribution in [3.63, 3.8) is 0 Å². The topological polar surface area (TPSA) is 93.1 Å². The number of aliphatic carboxylic acids is 1. The first-order chi connectivity index (χ1) is 10.1. The number of carboxylic acid groups (broad SMARTS) is 1. The molecule has 0 heterocycles. The molecule has 0 aromatic heterocycles. The van der Waals surface area contributed by atoms with Crippen LogP contribution in [0, 0.1) is 0 Å². The highest BCUT2D eigenvalue weighted by Crippen LogP contribution is 2.36. The fourth-order valence-electron chi connectivity index (χ4n) is 1.84. The van der Waals surface area contributed by atoms with Crippen molar-refractivity contribution in [1.82, 2.24) is 4.31 Å². The molecule has 0 unspecified atom stereocenters. The molecule has 1 N–H and O–H groups in total. The Morgan fingerprint density at radius 1 is 1.27 bits per heavy atom. The van der Waals surface area contributed by atoms with Crippen LogP contribution in [0.15, 0.2) is 17.0 Å². The van der Waals surface area contributed by atoms with Gasteiger partial charge in [0, 0.05) is 18.2 Å². The molecule has 0 radical (unpaired) electrons. The Balaban J connectivity index is 3.46. The first-order valence-corrected chi connectivity index (χ1v) is 8.12. The lowest BCUT2D eigenvalue weighted by Gasteiger charge is -2.25. The number of carboxylic acids is 1. The number of hydrogen-bond donors (Lipinski definition) is 1. The number of nitrogens with zero attached hydrogens (tertiary/aromatic N) is 1. The summed E-state index contributed by atoms with van der Waals surface area (Å²) in [6, 6.07) is 1.98. The molecule has 1 aromatic carbocycles. The molecular formula is C13H18ClNO6S. The van der Waals surface area contributed by atoms with Gasteiger partial charge in [-0.25, -0.2) is 8.42 Å². The number of benzene rings is 1. The highest BCUT2D eigenvalue weighted by Gasteiger charge is 2.32. The molecule has 7 nitrogen and oxygen atoms in total. The average molecular weight is 352 g/mol. The quantitative estimate of drug-likeness (QED) is 0.805. The van der Waals surface area contributed by atoms with E-state index in [1.54, 1.807) is 13.8 Å². The zero-order valence-electron chi connectivity index (χ0n) is 12.7. The lowest BCUT2D eigenvalue weighted by molar-refractivity contribution is -0.137. The molecule has 0 aliphatic rings. The van der Waals surface area contributed by atoms with E-state index in [2.05, 4.69) is 0 Å². The maximum Gasteiger partial charge on any atom is 0.318 e. The van der Waals surface area contributed by atoms with Crippen molar-refractivity contribution in [2.75, 3.05) is 20.8 Å². The zero-order valence-corrected chi connectivity index (χ0v) is 14.2. The van der Waals surface area contributed by atoms with E-state index in [9.17, 15) is 13.2 Å². The Morgan fingerprint density at radius 2 is 1.77 bits per heavy atom. The molecule has 1 rings (SSSR count). The molecule has 0 aliphatic carbocycles. The minimum atomic E-state index is -4.10. The number of halogens is 1. The number of hydrogen-bond acceptors (Lipinski definition) is 5. The predicted molar refractivity (Wildman–Crippen MR) is 81.2 cm³/mol. The van der Waals surface area contributed by atoms with Crippen molar-refractivity contribution in [2.24, 2.45) is 0 Å². The van der Waals surface area contributed by atoms with Gasteiger partial charge in [0.2, 0.25) is 10.0 Å². The van der Waals surface area contributed by atoms with E-state index in [0.29, 0.717) is 0 Å². The Labute approximate surface area is 134 Å². The van der Waals surface area contributed by atoms with Gasteiger partial charge in [-0.15, -0.1) is 0 Å². The van der Waals surface area contributed by atoms with Gasteiger partial charge in [0.25, 0.3) is 0 Å². The summed E-state index contributed by atoms with van der Waals surface area (Å²) >= 11 is 6.02. The summed E-state index contributed by atoms with van der Waals surface area (Å²) in [7, 11) is -1.34. The SMILES string of the molecule is COc1cc(Cl)c(S(=O)(=O)N(CC(=O)O)C(C)C)cc1OC. The number of ether oxygens (including phenoxy) is 2. The summed E-state index contributed by atoms with van der Waals surface area (Å²) in [6.07, 6.45) is 0. The highest BCUT2D eigenvalue weighted by molar-refractivity contribution is 7.89. The molecule has 0 saturated carbocycles. The summed E-state index contributed by atoms with van der Waals surface area (Å²) in [4.78, 5) is 10.7. The van der Waals surface area contributed by atoms with Crippen molar-refractivity contribution in [3.8, 4) is 11.5 Å². The molecule has 1 aromatic rings. The van der Waals surface area contributed by atoms with Crippen LogP contribution in [0.4, 0.5) is 0 Å². The van der Waals surface area contributed by atoms with Crippen LogP contribution in [-0.4, -0.2) is 50.6 Å². The predicted octanol–water partition coefficient (Wildman–Crippen LogP) is 1.84. The van der Waals surface area contributed by atoms with E-state index >= 15 is 0 Å². The lowest BCUT2D eigenvalue weighted by atomic mass is 10.3. The Morgan fingerprint density at radius 3 is 2.18 bits per heavy atom. The van der Waals surface area contributed by atoms with Crippen LogP contribution in [0.3, 0.4) is 0 Å². The Bertz CT molecular complexity index is 659. The van der Waals surface area contributed by atoms with Crippen molar-refractivity contribution in [1.29, 1.82) is 0 Å². The summed E-state index contributed by atoms with van der Waals surface area (Å²) in [5, 5.41) is 8.84. The molecule has 0 bridgehead atoms. The van der Waals surface area contributed by atoms with Gasteiger partial charge in [0.1, 0.15) is 11.4 Å². The standard InChI is InChI=1S/C13H18ClNO6S/c1-8(2)15(7-13(16)17)22(18,19)12-6-11(21-4)10(20-3)5-9(12)14/h5-6,8H,7H2,1-4H3,(H,16,17). The van der Waals surface area contributed by atoms with Crippen LogP contribution >= 0.6 is 11.6 Å². The van der Waals surface area contributed by atoms with Crippen molar-refractivity contribution < 1.29 is 27.8 Å². The van der Waals surface area contributed by atoms with Crippen molar-refractivity contribution in [2.45, 2.75) is 24.8 Å². The fraction of sp³-hybridized carbons (Fsp3) is 0.462. The van der Waals surface area contributed by atoms with E-state index in [0.717, 1.165) is 4.31 Å². The smallest absolute Gasteiger partial charge is 0.318 e. The minimum absolute atomic E-state index is 0.0753. The first-order valence-electron chi connectivity index (χ1n) is 6.30. The second kappa shape index (κ2) is 7.17.